The molecule has 0 amide bonds. The Kier molecular flexibility index (Phi) is 3.39. The third-order valence-corrected chi connectivity index (χ3v) is 3.09. The van der Waals surface area contributed by atoms with Gasteiger partial charge < -0.3 is 10.5 Å². The number of aryl methyl sites for hydroxylation is 3. The van der Waals surface area contributed by atoms with E-state index in [9.17, 15) is 0 Å². The lowest BCUT2D eigenvalue weighted by Gasteiger charge is -2.11. The van der Waals surface area contributed by atoms with Crippen LogP contribution in [-0.4, -0.2) is 9.78 Å². The van der Waals surface area contributed by atoms with Gasteiger partial charge in [0.25, 0.3) is 0 Å². The first-order chi connectivity index (χ1) is 8.52. The summed E-state index contributed by atoms with van der Waals surface area (Å²) in [6.45, 7) is 6.45. The van der Waals surface area contributed by atoms with Crippen molar-refractivity contribution >= 4 is 0 Å². The minimum atomic E-state index is 0.468. The lowest BCUT2D eigenvalue weighted by atomic mass is 10.1. The zero-order chi connectivity index (χ0) is 13.3. The third kappa shape index (κ3) is 2.24. The number of nitrogens with zero attached hydrogens (tertiary/aromatic N) is 2. The molecule has 0 aliphatic carbocycles. The summed E-state index contributed by atoms with van der Waals surface area (Å²) in [5.41, 5.74) is 9.85. The molecule has 0 bridgehead atoms. The van der Waals surface area contributed by atoms with Gasteiger partial charge in [0.1, 0.15) is 11.4 Å². The Morgan fingerprint density at radius 2 is 2.00 bits per heavy atom. The first kappa shape index (κ1) is 12.6. The Morgan fingerprint density at radius 1 is 1.28 bits per heavy atom. The van der Waals surface area contributed by atoms with E-state index in [0.29, 0.717) is 6.54 Å². The van der Waals surface area contributed by atoms with Crippen LogP contribution in [0.5, 0.6) is 11.5 Å². The topological polar surface area (TPSA) is 53.1 Å². The van der Waals surface area contributed by atoms with Crippen LogP contribution in [0.1, 0.15) is 22.5 Å². The molecular weight excluding hydrogens is 226 g/mol. The normalized spacial score (nSPS) is 10.7. The van der Waals surface area contributed by atoms with Gasteiger partial charge in [-0.15, -0.1) is 0 Å². The Bertz CT molecular complexity index is 573. The highest BCUT2D eigenvalue weighted by atomic mass is 16.5. The largest absolute Gasteiger partial charge is 0.453 e. The molecule has 0 spiro atoms. The quantitative estimate of drug-likeness (QED) is 0.904. The van der Waals surface area contributed by atoms with Gasteiger partial charge in [-0.3, -0.25) is 4.68 Å². The number of ether oxygens (including phenoxy) is 1. The van der Waals surface area contributed by atoms with Gasteiger partial charge in [0.2, 0.25) is 0 Å². The molecule has 2 N–H and O–H groups in total. The van der Waals surface area contributed by atoms with Gasteiger partial charge in [0, 0.05) is 19.2 Å². The van der Waals surface area contributed by atoms with E-state index in [2.05, 4.69) is 11.2 Å². The fourth-order valence-corrected chi connectivity index (χ4v) is 1.98. The molecule has 0 saturated heterocycles. The van der Waals surface area contributed by atoms with E-state index in [1.54, 1.807) is 0 Å². The molecule has 2 aromatic rings. The van der Waals surface area contributed by atoms with Crippen LogP contribution in [0.2, 0.25) is 0 Å². The first-order valence-corrected chi connectivity index (χ1v) is 6.00. The lowest BCUT2D eigenvalue weighted by molar-refractivity contribution is 0.468. The van der Waals surface area contributed by atoms with Crippen LogP contribution in [0.25, 0.3) is 0 Å². The van der Waals surface area contributed by atoms with Gasteiger partial charge in [-0.05, 0) is 26.8 Å². The second kappa shape index (κ2) is 4.82. The molecule has 0 radical (unpaired) electrons. The van der Waals surface area contributed by atoms with Crippen molar-refractivity contribution in [3.05, 3.63) is 40.7 Å². The summed E-state index contributed by atoms with van der Waals surface area (Å²) in [6.07, 6.45) is 0. The number of aromatic nitrogens is 2. The second-order valence-electron chi connectivity index (χ2n) is 4.54. The van der Waals surface area contributed by atoms with Crippen molar-refractivity contribution in [3.8, 4) is 11.5 Å². The molecule has 96 valence electrons. The summed E-state index contributed by atoms with van der Waals surface area (Å²) >= 11 is 0. The van der Waals surface area contributed by atoms with E-state index in [1.165, 1.54) is 5.56 Å². The van der Waals surface area contributed by atoms with Crippen LogP contribution < -0.4 is 10.5 Å². The monoisotopic (exact) mass is 245 g/mol. The molecule has 2 rings (SSSR count). The van der Waals surface area contributed by atoms with Gasteiger partial charge in [-0.25, -0.2) is 0 Å². The Hall–Kier alpha value is -1.81. The van der Waals surface area contributed by atoms with Crippen LogP contribution >= 0.6 is 0 Å². The summed E-state index contributed by atoms with van der Waals surface area (Å²) in [6, 6.07) is 6.04. The van der Waals surface area contributed by atoms with E-state index in [-0.39, 0.29) is 0 Å². The Labute approximate surface area is 107 Å². The van der Waals surface area contributed by atoms with Crippen LogP contribution in [0.3, 0.4) is 0 Å². The molecule has 0 aliphatic heterocycles. The Morgan fingerprint density at radius 3 is 2.56 bits per heavy atom. The lowest BCUT2D eigenvalue weighted by Crippen LogP contribution is -2.00. The van der Waals surface area contributed by atoms with Gasteiger partial charge in [-0.2, -0.15) is 5.10 Å². The fourth-order valence-electron chi connectivity index (χ4n) is 1.98. The molecule has 1 aromatic carbocycles. The van der Waals surface area contributed by atoms with E-state index in [0.717, 1.165) is 28.5 Å². The average Bonchev–Trinajstić information content (AvgIpc) is 2.58. The minimum Gasteiger partial charge on any atom is -0.453 e. The molecule has 0 fully saturated rings. The number of hydrogen-bond acceptors (Lipinski definition) is 3. The number of nitrogens with two attached hydrogens (primary N) is 1. The molecule has 0 atom stereocenters. The fraction of sp³-hybridized carbons (Fsp3) is 0.357. The Balaban J connectivity index is 2.39. The number of hydrogen-bond donors (Lipinski definition) is 1. The smallest absolute Gasteiger partial charge is 0.171 e. The highest BCUT2D eigenvalue weighted by Crippen LogP contribution is 2.30. The third-order valence-electron chi connectivity index (χ3n) is 3.09. The molecule has 1 aromatic heterocycles. The van der Waals surface area contributed by atoms with Crippen molar-refractivity contribution in [3.63, 3.8) is 0 Å². The van der Waals surface area contributed by atoms with Gasteiger partial charge in [0.05, 0.1) is 5.69 Å². The molecule has 18 heavy (non-hydrogen) atoms. The van der Waals surface area contributed by atoms with Crippen LogP contribution in [0.4, 0.5) is 0 Å². The van der Waals surface area contributed by atoms with Crippen molar-refractivity contribution in [2.24, 2.45) is 12.8 Å². The zero-order valence-electron chi connectivity index (χ0n) is 11.3. The summed E-state index contributed by atoms with van der Waals surface area (Å²) < 4.78 is 7.79. The molecule has 0 saturated carbocycles. The van der Waals surface area contributed by atoms with E-state index >= 15 is 0 Å². The van der Waals surface area contributed by atoms with Crippen molar-refractivity contribution in [1.82, 2.24) is 9.78 Å². The predicted molar refractivity (Wildman–Crippen MR) is 71.8 cm³/mol. The molecular formula is C14H19N3O. The highest BCUT2D eigenvalue weighted by molar-refractivity contribution is 5.42. The summed E-state index contributed by atoms with van der Waals surface area (Å²) in [5, 5.41) is 4.34. The minimum absolute atomic E-state index is 0.468. The van der Waals surface area contributed by atoms with Crippen LogP contribution in [0, 0.1) is 20.8 Å². The SMILES string of the molecule is Cc1ccc(Oc2c(C)nn(C)c2C)c(CN)c1. The molecule has 0 unspecified atom stereocenters. The second-order valence-corrected chi connectivity index (χ2v) is 4.54. The van der Waals surface area contributed by atoms with Crippen molar-refractivity contribution in [1.29, 1.82) is 0 Å². The van der Waals surface area contributed by atoms with Gasteiger partial charge >= 0.3 is 0 Å². The standard InChI is InChI=1S/C14H19N3O/c1-9-5-6-13(12(7-9)8-15)18-14-10(2)16-17(4)11(14)3/h5-7H,8,15H2,1-4H3. The maximum Gasteiger partial charge on any atom is 0.171 e. The summed E-state index contributed by atoms with van der Waals surface area (Å²) in [7, 11) is 1.91. The van der Waals surface area contributed by atoms with Crippen molar-refractivity contribution in [2.45, 2.75) is 27.3 Å². The van der Waals surface area contributed by atoms with E-state index < -0.39 is 0 Å². The number of rotatable bonds is 3. The van der Waals surface area contributed by atoms with Crippen LogP contribution in [0.15, 0.2) is 18.2 Å². The molecule has 1 heterocycles. The summed E-state index contributed by atoms with van der Waals surface area (Å²) in [5.74, 6) is 1.62. The van der Waals surface area contributed by atoms with Crippen molar-refractivity contribution < 1.29 is 4.74 Å². The maximum atomic E-state index is 5.97. The summed E-state index contributed by atoms with van der Waals surface area (Å²) in [4.78, 5) is 0. The van der Waals surface area contributed by atoms with Crippen LogP contribution in [-0.2, 0) is 13.6 Å². The zero-order valence-corrected chi connectivity index (χ0v) is 11.3. The molecule has 4 heteroatoms. The average molecular weight is 245 g/mol. The maximum absolute atomic E-state index is 5.97. The number of benzene rings is 1. The van der Waals surface area contributed by atoms with E-state index in [4.69, 9.17) is 10.5 Å². The predicted octanol–water partition coefficient (Wildman–Crippen LogP) is 2.60. The van der Waals surface area contributed by atoms with Gasteiger partial charge in [0.15, 0.2) is 5.75 Å². The molecule has 4 nitrogen and oxygen atoms in total. The van der Waals surface area contributed by atoms with E-state index in [1.807, 2.05) is 44.6 Å². The highest BCUT2D eigenvalue weighted by Gasteiger charge is 2.13. The van der Waals surface area contributed by atoms with Gasteiger partial charge in [-0.1, -0.05) is 17.7 Å². The molecule has 0 aliphatic rings. The first-order valence-electron chi connectivity index (χ1n) is 6.00. The van der Waals surface area contributed by atoms with Crippen molar-refractivity contribution in [2.75, 3.05) is 0 Å².